The highest BCUT2D eigenvalue weighted by molar-refractivity contribution is 9.10. The van der Waals surface area contributed by atoms with Crippen LogP contribution in [0.15, 0.2) is 16.6 Å². The van der Waals surface area contributed by atoms with Crippen LogP contribution in [0.2, 0.25) is 0 Å². The first-order valence-electron chi connectivity index (χ1n) is 6.66. The second-order valence-corrected chi connectivity index (χ2v) is 5.80. The van der Waals surface area contributed by atoms with E-state index in [0.29, 0.717) is 5.75 Å². The molecule has 7 heteroatoms. The number of allylic oxidation sites excluding steroid dienone is 1. The summed E-state index contributed by atoms with van der Waals surface area (Å²) in [6, 6.07) is 2.02. The van der Waals surface area contributed by atoms with Crippen molar-refractivity contribution in [2.75, 3.05) is 13.7 Å². The zero-order chi connectivity index (χ0) is 16.5. The smallest absolute Gasteiger partial charge is 0.471 e. The number of hydrogen-bond donors (Lipinski definition) is 1. The summed E-state index contributed by atoms with van der Waals surface area (Å²) in [7, 11) is 1.57. The number of benzene rings is 1. The molecule has 1 N–H and O–H groups in total. The van der Waals surface area contributed by atoms with Gasteiger partial charge in [-0.05, 0) is 58.0 Å². The number of rotatable bonds is 3. The number of aryl methyl sites for hydroxylation is 2. The van der Waals surface area contributed by atoms with Crippen LogP contribution in [0.5, 0.6) is 5.75 Å². The summed E-state index contributed by atoms with van der Waals surface area (Å²) in [6.45, 7) is 1.78. The average Bonchev–Trinajstić information content (AvgIpc) is 2.81. The van der Waals surface area contributed by atoms with Crippen molar-refractivity contribution in [2.45, 2.75) is 25.9 Å². The normalized spacial score (nSPS) is 15.8. The van der Waals surface area contributed by atoms with Crippen molar-refractivity contribution in [1.82, 2.24) is 5.32 Å². The van der Waals surface area contributed by atoms with Gasteiger partial charge in [-0.1, -0.05) is 12.1 Å². The minimum absolute atomic E-state index is 0.157. The van der Waals surface area contributed by atoms with Crippen LogP contribution in [0.1, 0.15) is 23.1 Å². The van der Waals surface area contributed by atoms with E-state index in [1.807, 2.05) is 18.3 Å². The molecule has 1 aromatic rings. The zero-order valence-corrected chi connectivity index (χ0v) is 13.7. The summed E-state index contributed by atoms with van der Waals surface area (Å²) < 4.78 is 42.6. The topological polar surface area (TPSA) is 38.3 Å². The van der Waals surface area contributed by atoms with E-state index in [2.05, 4.69) is 15.9 Å². The van der Waals surface area contributed by atoms with Gasteiger partial charge in [0.25, 0.3) is 0 Å². The van der Waals surface area contributed by atoms with Crippen molar-refractivity contribution in [1.29, 1.82) is 0 Å². The Kier molecular flexibility index (Phi) is 4.84. The number of hydrogen-bond acceptors (Lipinski definition) is 2. The quantitative estimate of drug-likeness (QED) is 0.870. The molecule has 0 aromatic heterocycles. The van der Waals surface area contributed by atoms with Crippen molar-refractivity contribution in [3.63, 3.8) is 0 Å². The van der Waals surface area contributed by atoms with E-state index in [4.69, 9.17) is 4.74 Å². The number of amides is 1. The molecule has 1 aliphatic carbocycles. The summed E-state index contributed by atoms with van der Waals surface area (Å²) in [6.07, 6.45) is -1.69. The van der Waals surface area contributed by atoms with Gasteiger partial charge in [0.1, 0.15) is 5.75 Å². The first-order valence-corrected chi connectivity index (χ1v) is 7.45. The first-order chi connectivity index (χ1) is 10.3. The van der Waals surface area contributed by atoms with E-state index in [9.17, 15) is 18.0 Å². The molecule has 0 spiro atoms. The highest BCUT2D eigenvalue weighted by Gasteiger charge is 2.38. The van der Waals surface area contributed by atoms with Crippen LogP contribution < -0.4 is 10.1 Å². The number of carbonyl (C=O) groups is 1. The molecule has 0 fully saturated rings. The number of nitrogens with one attached hydrogen (secondary N) is 1. The van der Waals surface area contributed by atoms with Crippen molar-refractivity contribution < 1.29 is 22.7 Å². The molecule has 1 aliphatic rings. The van der Waals surface area contributed by atoms with E-state index in [1.165, 1.54) is 0 Å². The van der Waals surface area contributed by atoms with E-state index in [0.717, 1.165) is 39.6 Å². The van der Waals surface area contributed by atoms with Crippen molar-refractivity contribution >= 4 is 27.4 Å². The first kappa shape index (κ1) is 16.9. The lowest BCUT2D eigenvalue weighted by Crippen LogP contribution is -2.36. The number of carbonyl (C=O) groups excluding carboxylic acids is 1. The Morgan fingerprint density at radius 2 is 2.14 bits per heavy atom. The Labute approximate surface area is 134 Å². The molecular weight excluding hydrogens is 363 g/mol. The third-order valence-electron chi connectivity index (χ3n) is 3.55. The van der Waals surface area contributed by atoms with Crippen LogP contribution in [0.3, 0.4) is 0 Å². The molecule has 0 saturated carbocycles. The highest BCUT2D eigenvalue weighted by atomic mass is 79.9. The Hall–Kier alpha value is -1.50. The summed E-state index contributed by atoms with van der Waals surface area (Å²) >= 11 is 3.50. The third-order valence-corrected chi connectivity index (χ3v) is 4.30. The largest absolute Gasteiger partial charge is 0.495 e. The summed E-state index contributed by atoms with van der Waals surface area (Å²) in [5.74, 6) is -1.21. The van der Waals surface area contributed by atoms with Gasteiger partial charge in [-0.15, -0.1) is 0 Å². The summed E-state index contributed by atoms with van der Waals surface area (Å²) in [5, 5.41) is 1.85. The fourth-order valence-corrected chi connectivity index (χ4v) is 3.57. The lowest BCUT2D eigenvalue weighted by molar-refractivity contribution is -0.173. The maximum atomic E-state index is 12.1. The Morgan fingerprint density at radius 3 is 2.73 bits per heavy atom. The number of halogens is 4. The summed E-state index contributed by atoms with van der Waals surface area (Å²) in [4.78, 5) is 10.8. The van der Waals surface area contributed by atoms with E-state index >= 15 is 0 Å². The van der Waals surface area contributed by atoms with Crippen LogP contribution in [0, 0.1) is 6.92 Å². The number of fused-ring (bicyclic) bond motifs is 1. The van der Waals surface area contributed by atoms with E-state index < -0.39 is 12.1 Å². The molecule has 0 unspecified atom stereocenters. The molecule has 120 valence electrons. The third kappa shape index (κ3) is 3.29. The van der Waals surface area contributed by atoms with E-state index in [1.54, 1.807) is 13.2 Å². The van der Waals surface area contributed by atoms with Gasteiger partial charge in [0, 0.05) is 6.54 Å². The lowest BCUT2D eigenvalue weighted by Gasteiger charge is -2.13. The molecule has 22 heavy (non-hydrogen) atoms. The molecule has 0 bridgehead atoms. The number of ether oxygens (including phenoxy) is 1. The SMILES string of the molecule is COc1c(C)cc2c(c1Br)/C(=C\CNC(=O)C(F)(F)F)CC2. The molecule has 0 heterocycles. The van der Waals surface area contributed by atoms with Crippen LogP contribution in [-0.2, 0) is 11.2 Å². The predicted octanol–water partition coefficient (Wildman–Crippen LogP) is 3.77. The van der Waals surface area contributed by atoms with Gasteiger partial charge in [0.2, 0.25) is 0 Å². The fourth-order valence-electron chi connectivity index (χ4n) is 2.59. The van der Waals surface area contributed by atoms with Crippen LogP contribution in [-0.4, -0.2) is 25.7 Å². The molecule has 2 rings (SSSR count). The van der Waals surface area contributed by atoms with Gasteiger partial charge in [0.15, 0.2) is 0 Å². The van der Waals surface area contributed by atoms with Crippen LogP contribution in [0.4, 0.5) is 13.2 Å². The van der Waals surface area contributed by atoms with Gasteiger partial charge in [0.05, 0.1) is 11.6 Å². The highest BCUT2D eigenvalue weighted by Crippen LogP contribution is 2.43. The molecule has 0 atom stereocenters. The van der Waals surface area contributed by atoms with Crippen LogP contribution >= 0.6 is 15.9 Å². The maximum Gasteiger partial charge on any atom is 0.471 e. The average molecular weight is 378 g/mol. The van der Waals surface area contributed by atoms with Crippen molar-refractivity contribution in [3.8, 4) is 5.75 Å². The maximum absolute atomic E-state index is 12.1. The van der Waals surface area contributed by atoms with Crippen molar-refractivity contribution in [3.05, 3.63) is 33.3 Å². The molecule has 1 amide bonds. The molecule has 3 nitrogen and oxygen atoms in total. The zero-order valence-electron chi connectivity index (χ0n) is 12.1. The number of alkyl halides is 3. The molecule has 1 aromatic carbocycles. The second-order valence-electron chi connectivity index (χ2n) is 5.01. The molecule has 0 saturated heterocycles. The lowest BCUT2D eigenvalue weighted by atomic mass is 10.0. The van der Waals surface area contributed by atoms with Gasteiger partial charge in [-0.2, -0.15) is 13.2 Å². The Bertz CT molecular complexity index is 639. The van der Waals surface area contributed by atoms with Crippen LogP contribution in [0.25, 0.3) is 5.57 Å². The summed E-state index contributed by atoms with van der Waals surface area (Å²) in [5.41, 5.74) is 3.98. The molecular formula is C15H15BrF3NO2. The Balaban J connectivity index is 2.21. The fraction of sp³-hybridized carbons (Fsp3) is 0.400. The van der Waals surface area contributed by atoms with Gasteiger partial charge >= 0.3 is 12.1 Å². The number of methoxy groups -OCH3 is 1. The standard InChI is InChI=1S/C15H15BrF3NO2/c1-8-7-10-4-3-9(11(10)12(16)13(8)22-2)5-6-20-14(21)15(17,18)19/h5,7H,3-4,6H2,1-2H3,(H,20,21)/b9-5-. The molecule has 0 aliphatic heterocycles. The second kappa shape index (κ2) is 6.32. The van der Waals surface area contributed by atoms with E-state index in [-0.39, 0.29) is 6.54 Å². The van der Waals surface area contributed by atoms with Crippen molar-refractivity contribution in [2.24, 2.45) is 0 Å². The van der Waals surface area contributed by atoms with Gasteiger partial charge in [-0.3, -0.25) is 4.79 Å². The van der Waals surface area contributed by atoms with Gasteiger partial charge < -0.3 is 10.1 Å². The minimum Gasteiger partial charge on any atom is -0.495 e. The minimum atomic E-state index is -4.85. The monoisotopic (exact) mass is 377 g/mol. The predicted molar refractivity (Wildman–Crippen MR) is 80.8 cm³/mol. The molecule has 0 radical (unpaired) electrons. The Morgan fingerprint density at radius 1 is 1.45 bits per heavy atom. The van der Waals surface area contributed by atoms with Gasteiger partial charge in [-0.25, -0.2) is 0 Å².